The number of nitrogens with zero attached hydrogens (tertiary/aromatic N) is 1. The van der Waals surface area contributed by atoms with Gasteiger partial charge in [0.25, 0.3) is 0 Å². The number of rotatable bonds is 13. The minimum atomic E-state index is -2.67. The standard InChI is InChI=1S/C13H16NO2.3C4H9.Sn/c1-10(2)8-14-12(9-16-13(14)15)11-6-4-3-5-7-11;3*1-3-4-2;/h3-8,10,12H,9H2,1-2H3;3*1,3-4H2,2H3;/t12-;;;;/m1..../s1. The van der Waals surface area contributed by atoms with Crippen molar-refractivity contribution in [3.63, 3.8) is 0 Å². The third kappa shape index (κ3) is 6.15. The molecule has 1 amide bonds. The molecule has 0 radical (unpaired) electrons. The van der Waals surface area contributed by atoms with Gasteiger partial charge in [-0.15, -0.1) is 0 Å². The SMILES string of the molecule is CCC[CH2][Sn]([CH2]CCC)([CH2]CCC)[C@@H](C(C)C)N1C(=O)OC[C@@H]1c1ccccc1. The van der Waals surface area contributed by atoms with E-state index in [1.807, 2.05) is 0 Å². The van der Waals surface area contributed by atoms with Crippen molar-refractivity contribution in [2.45, 2.75) is 96.6 Å². The fourth-order valence-corrected chi connectivity index (χ4v) is 25.7. The van der Waals surface area contributed by atoms with Crippen molar-refractivity contribution in [1.29, 1.82) is 0 Å². The van der Waals surface area contributed by atoms with Crippen molar-refractivity contribution >= 4 is 24.5 Å². The van der Waals surface area contributed by atoms with E-state index in [1.54, 1.807) is 0 Å². The third-order valence-corrected chi connectivity index (χ3v) is 24.6. The Kier molecular flexibility index (Phi) is 10.3. The second kappa shape index (κ2) is 12.2. The Balaban J connectivity index is 2.49. The molecule has 1 aliphatic heterocycles. The summed E-state index contributed by atoms with van der Waals surface area (Å²) in [5.74, 6) is 0.494. The molecule has 1 aliphatic rings. The molecule has 1 heterocycles. The second-order valence-corrected chi connectivity index (χ2v) is 23.0. The molecule has 2 rings (SSSR count). The van der Waals surface area contributed by atoms with Gasteiger partial charge in [-0.25, -0.2) is 0 Å². The van der Waals surface area contributed by atoms with Crippen LogP contribution < -0.4 is 0 Å². The topological polar surface area (TPSA) is 29.5 Å². The average molecular weight is 508 g/mol. The Hall–Kier alpha value is -0.711. The van der Waals surface area contributed by atoms with E-state index in [0.717, 1.165) is 0 Å². The number of amides is 1. The molecule has 29 heavy (non-hydrogen) atoms. The molecule has 0 unspecified atom stereocenters. The molecule has 1 aromatic rings. The minimum absolute atomic E-state index is 0.0666. The van der Waals surface area contributed by atoms with Crippen LogP contribution in [0.25, 0.3) is 0 Å². The van der Waals surface area contributed by atoms with Crippen LogP contribution >= 0.6 is 0 Å². The summed E-state index contributed by atoms with van der Waals surface area (Å²) in [7, 11) is 0. The number of unbranched alkanes of at least 4 members (excludes halogenated alkanes) is 3. The van der Waals surface area contributed by atoms with Crippen LogP contribution in [-0.4, -0.2) is 40.0 Å². The summed E-state index contributed by atoms with van der Waals surface area (Å²) in [5.41, 5.74) is 1.23. The number of cyclic esters (lactones) is 1. The monoisotopic (exact) mass is 509 g/mol. The van der Waals surface area contributed by atoms with E-state index in [1.165, 1.54) is 57.4 Å². The third-order valence-electron chi connectivity index (χ3n) is 6.74. The van der Waals surface area contributed by atoms with Crippen molar-refractivity contribution in [2.75, 3.05) is 6.61 Å². The molecule has 4 heteroatoms. The first-order valence-electron chi connectivity index (χ1n) is 12.0. The molecule has 0 bridgehead atoms. The van der Waals surface area contributed by atoms with E-state index >= 15 is 0 Å². The van der Waals surface area contributed by atoms with Gasteiger partial charge < -0.3 is 0 Å². The maximum absolute atomic E-state index is 13.1. The summed E-state index contributed by atoms with van der Waals surface area (Å²) in [4.78, 5) is 15.3. The van der Waals surface area contributed by atoms with Gasteiger partial charge in [-0.3, -0.25) is 0 Å². The molecule has 0 spiro atoms. The number of hydrogen-bond donors (Lipinski definition) is 0. The molecule has 0 N–H and O–H groups in total. The number of carbonyl (C=O) groups is 1. The van der Waals surface area contributed by atoms with Gasteiger partial charge in [-0.05, 0) is 0 Å². The van der Waals surface area contributed by atoms with Gasteiger partial charge >= 0.3 is 184 Å². The first kappa shape index (κ1) is 24.6. The summed E-state index contributed by atoms with van der Waals surface area (Å²) in [6.07, 6.45) is 7.68. The van der Waals surface area contributed by atoms with Crippen LogP contribution in [0.15, 0.2) is 30.3 Å². The van der Waals surface area contributed by atoms with Crippen LogP contribution in [0.3, 0.4) is 0 Å². The molecule has 0 saturated carbocycles. The number of benzene rings is 1. The summed E-state index contributed by atoms with van der Waals surface area (Å²) in [6, 6.07) is 10.6. The van der Waals surface area contributed by atoms with E-state index in [0.29, 0.717) is 16.6 Å². The van der Waals surface area contributed by atoms with Crippen molar-refractivity contribution in [3.8, 4) is 0 Å². The zero-order chi connectivity index (χ0) is 21.3. The van der Waals surface area contributed by atoms with E-state index in [9.17, 15) is 4.79 Å². The van der Waals surface area contributed by atoms with Gasteiger partial charge in [0.2, 0.25) is 0 Å². The first-order chi connectivity index (χ1) is 14.0. The first-order valence-corrected chi connectivity index (χ1v) is 19.7. The van der Waals surface area contributed by atoms with Crippen LogP contribution in [0.2, 0.25) is 13.3 Å². The molecule has 1 saturated heterocycles. The summed E-state index contributed by atoms with van der Waals surface area (Å²) >= 11 is -2.67. The van der Waals surface area contributed by atoms with Crippen molar-refractivity contribution in [2.24, 2.45) is 5.92 Å². The number of carbonyl (C=O) groups excluding carboxylic acids is 1. The average Bonchev–Trinajstić information content (AvgIpc) is 3.10. The van der Waals surface area contributed by atoms with Crippen molar-refractivity contribution < 1.29 is 9.53 Å². The van der Waals surface area contributed by atoms with Gasteiger partial charge in [0.1, 0.15) is 0 Å². The molecule has 164 valence electrons. The van der Waals surface area contributed by atoms with Crippen LogP contribution in [0.1, 0.15) is 84.7 Å². The Labute approximate surface area is 183 Å². The summed E-state index contributed by atoms with van der Waals surface area (Å²) < 4.78 is 10.4. The maximum atomic E-state index is 13.1. The summed E-state index contributed by atoms with van der Waals surface area (Å²) in [5, 5.41) is 0. The molecule has 1 fully saturated rings. The molecular formula is C25H43NO2Sn. The van der Waals surface area contributed by atoms with E-state index in [-0.39, 0.29) is 12.1 Å². The molecule has 3 nitrogen and oxygen atoms in total. The van der Waals surface area contributed by atoms with Crippen LogP contribution in [0.5, 0.6) is 0 Å². The molecular weight excluding hydrogens is 465 g/mol. The van der Waals surface area contributed by atoms with E-state index < -0.39 is 18.4 Å². The van der Waals surface area contributed by atoms with Gasteiger partial charge in [0.05, 0.1) is 0 Å². The van der Waals surface area contributed by atoms with Gasteiger partial charge in [0, 0.05) is 0 Å². The van der Waals surface area contributed by atoms with Gasteiger partial charge in [0.15, 0.2) is 0 Å². The Morgan fingerprint density at radius 1 is 0.966 bits per heavy atom. The molecule has 1 aromatic carbocycles. The predicted octanol–water partition coefficient (Wildman–Crippen LogP) is 7.59. The quantitative estimate of drug-likeness (QED) is 0.257. The second-order valence-electron chi connectivity index (χ2n) is 9.27. The zero-order valence-electron chi connectivity index (χ0n) is 19.5. The molecule has 2 atom stereocenters. The number of ether oxygens (including phenoxy) is 1. The van der Waals surface area contributed by atoms with E-state index in [4.69, 9.17) is 4.74 Å². The molecule has 0 aromatic heterocycles. The fourth-order valence-electron chi connectivity index (χ4n) is 5.40. The van der Waals surface area contributed by atoms with Crippen LogP contribution in [0, 0.1) is 5.92 Å². The molecule has 0 aliphatic carbocycles. The van der Waals surface area contributed by atoms with Crippen molar-refractivity contribution in [1.82, 2.24) is 4.90 Å². The Morgan fingerprint density at radius 3 is 1.93 bits per heavy atom. The fraction of sp³-hybridized carbons (Fsp3) is 0.720. The number of hydrogen-bond acceptors (Lipinski definition) is 2. The Bertz CT molecular complexity index is 582. The van der Waals surface area contributed by atoms with Crippen LogP contribution in [0.4, 0.5) is 4.79 Å². The normalized spacial score (nSPS) is 18.3. The van der Waals surface area contributed by atoms with Crippen molar-refractivity contribution in [3.05, 3.63) is 35.9 Å². The van der Waals surface area contributed by atoms with Gasteiger partial charge in [-0.1, -0.05) is 0 Å². The van der Waals surface area contributed by atoms with Gasteiger partial charge in [-0.2, -0.15) is 0 Å². The summed E-state index contributed by atoms with van der Waals surface area (Å²) in [6.45, 7) is 12.2. The Morgan fingerprint density at radius 2 is 1.48 bits per heavy atom. The zero-order valence-corrected chi connectivity index (χ0v) is 22.3. The van der Waals surface area contributed by atoms with E-state index in [2.05, 4.69) is 69.9 Å². The predicted molar refractivity (Wildman–Crippen MR) is 126 cm³/mol. The van der Waals surface area contributed by atoms with Crippen LogP contribution in [-0.2, 0) is 4.74 Å².